The third-order valence-corrected chi connectivity index (χ3v) is 6.43. The molecule has 1 atom stereocenters. The van der Waals surface area contributed by atoms with Gasteiger partial charge in [-0.2, -0.15) is 0 Å². The van der Waals surface area contributed by atoms with Crippen LogP contribution in [0.3, 0.4) is 0 Å². The lowest BCUT2D eigenvalue weighted by Crippen LogP contribution is -2.37. The average Bonchev–Trinajstić information content (AvgIpc) is 3.05. The normalized spacial score (nSPS) is 16.5. The van der Waals surface area contributed by atoms with Crippen molar-refractivity contribution in [1.29, 1.82) is 0 Å². The van der Waals surface area contributed by atoms with Crippen molar-refractivity contribution in [3.63, 3.8) is 0 Å². The number of hydrogen-bond donors (Lipinski definition) is 0. The Hall–Kier alpha value is -0.660. The Kier molecular flexibility index (Phi) is 16.7. The van der Waals surface area contributed by atoms with Gasteiger partial charge in [0.05, 0.1) is 0 Å². The van der Waals surface area contributed by atoms with Gasteiger partial charge in [0.1, 0.15) is 6.17 Å². The van der Waals surface area contributed by atoms with Crippen molar-refractivity contribution < 1.29 is 0 Å². The molecular formula is C26H52N2. The van der Waals surface area contributed by atoms with Crippen molar-refractivity contribution >= 4 is 0 Å². The van der Waals surface area contributed by atoms with E-state index in [2.05, 4.69) is 43.1 Å². The second-order valence-corrected chi connectivity index (χ2v) is 9.13. The summed E-state index contributed by atoms with van der Waals surface area (Å²) in [6, 6.07) is 0. The van der Waals surface area contributed by atoms with Crippen LogP contribution in [0.15, 0.2) is 12.4 Å². The minimum absolute atomic E-state index is 0.624. The molecule has 0 aliphatic carbocycles. The van der Waals surface area contributed by atoms with Gasteiger partial charge in [-0.05, 0) is 19.3 Å². The summed E-state index contributed by atoms with van der Waals surface area (Å²) in [5.74, 6) is 0. The van der Waals surface area contributed by atoms with E-state index in [1.807, 2.05) is 0 Å². The van der Waals surface area contributed by atoms with Crippen LogP contribution in [0.2, 0.25) is 0 Å². The van der Waals surface area contributed by atoms with Crippen LogP contribution < -0.4 is 0 Å². The van der Waals surface area contributed by atoms with Gasteiger partial charge in [-0.15, -0.1) is 0 Å². The highest BCUT2D eigenvalue weighted by Gasteiger charge is 2.22. The van der Waals surface area contributed by atoms with Gasteiger partial charge in [-0.3, -0.25) is 0 Å². The molecular weight excluding hydrogens is 340 g/mol. The van der Waals surface area contributed by atoms with E-state index < -0.39 is 0 Å². The molecule has 0 radical (unpaired) electrons. The van der Waals surface area contributed by atoms with E-state index >= 15 is 0 Å². The molecule has 0 bridgehead atoms. The molecule has 0 spiro atoms. The van der Waals surface area contributed by atoms with E-state index in [1.165, 1.54) is 129 Å². The third kappa shape index (κ3) is 12.7. The molecule has 0 fully saturated rings. The number of hydrogen-bond acceptors (Lipinski definition) is 2. The highest BCUT2D eigenvalue weighted by Crippen LogP contribution is 2.21. The van der Waals surface area contributed by atoms with E-state index in [-0.39, 0.29) is 0 Å². The fourth-order valence-corrected chi connectivity index (χ4v) is 4.46. The van der Waals surface area contributed by atoms with Crippen LogP contribution in [0.1, 0.15) is 136 Å². The Morgan fingerprint density at radius 1 is 0.536 bits per heavy atom. The summed E-state index contributed by atoms with van der Waals surface area (Å²) >= 11 is 0. The van der Waals surface area contributed by atoms with Crippen molar-refractivity contribution in [1.82, 2.24) is 9.80 Å². The molecule has 2 heteroatoms. The Morgan fingerprint density at radius 2 is 0.964 bits per heavy atom. The maximum absolute atomic E-state index is 2.60. The predicted molar refractivity (Wildman–Crippen MR) is 126 cm³/mol. The van der Waals surface area contributed by atoms with Crippen LogP contribution >= 0.6 is 0 Å². The zero-order valence-corrected chi connectivity index (χ0v) is 19.8. The zero-order chi connectivity index (χ0) is 20.3. The summed E-state index contributed by atoms with van der Waals surface area (Å²) in [6.07, 6.45) is 32.2. The zero-order valence-electron chi connectivity index (χ0n) is 19.8. The first-order valence-electron chi connectivity index (χ1n) is 13.0. The lowest BCUT2D eigenvalue weighted by Gasteiger charge is -2.30. The first-order chi connectivity index (χ1) is 13.8. The van der Waals surface area contributed by atoms with Crippen molar-refractivity contribution in [2.45, 2.75) is 142 Å². The van der Waals surface area contributed by atoms with Crippen LogP contribution in [-0.4, -0.2) is 29.6 Å². The van der Waals surface area contributed by atoms with E-state index in [0.717, 1.165) is 0 Å². The van der Waals surface area contributed by atoms with E-state index in [1.54, 1.807) is 0 Å². The first-order valence-corrected chi connectivity index (χ1v) is 13.0. The number of nitrogens with zero attached hydrogens (tertiary/aromatic N) is 2. The third-order valence-electron chi connectivity index (χ3n) is 6.43. The van der Waals surface area contributed by atoms with Gasteiger partial charge in [0.2, 0.25) is 0 Å². The standard InChI is InChI=1S/C26H52N2/c1-4-6-8-10-12-13-14-15-16-18-20-22-26-27(3)24-25-28(26)23-21-19-17-11-9-7-5-2/h24-26H,4-23H2,1-3H3. The SMILES string of the molecule is CCCCCCCCCCCCCC1N(C)C=CN1CCCCCCCCC. The molecule has 2 nitrogen and oxygen atoms in total. The molecule has 0 saturated heterocycles. The molecule has 0 aromatic carbocycles. The molecule has 1 heterocycles. The van der Waals surface area contributed by atoms with Crippen LogP contribution in [0, 0.1) is 0 Å². The molecule has 28 heavy (non-hydrogen) atoms. The van der Waals surface area contributed by atoms with Crippen molar-refractivity contribution in [2.24, 2.45) is 0 Å². The quantitative estimate of drug-likeness (QED) is 0.192. The maximum Gasteiger partial charge on any atom is 0.100 e. The monoisotopic (exact) mass is 392 g/mol. The largest absolute Gasteiger partial charge is 0.359 e. The summed E-state index contributed by atoms with van der Waals surface area (Å²) in [4.78, 5) is 5.03. The molecule has 1 aliphatic heterocycles. The molecule has 166 valence electrons. The molecule has 1 unspecified atom stereocenters. The summed E-state index contributed by atoms with van der Waals surface area (Å²) in [6.45, 7) is 5.84. The Balaban J connectivity index is 1.97. The summed E-state index contributed by atoms with van der Waals surface area (Å²) in [5.41, 5.74) is 0. The second kappa shape index (κ2) is 18.4. The topological polar surface area (TPSA) is 6.48 Å². The molecule has 1 rings (SSSR count). The molecule has 1 aliphatic rings. The Bertz CT molecular complexity index is 352. The smallest absolute Gasteiger partial charge is 0.100 e. The summed E-state index contributed by atoms with van der Waals surface area (Å²) in [7, 11) is 2.25. The van der Waals surface area contributed by atoms with Crippen molar-refractivity contribution in [3.8, 4) is 0 Å². The molecule has 0 aromatic rings. The Labute approximate surface area is 178 Å². The second-order valence-electron chi connectivity index (χ2n) is 9.13. The molecule has 0 N–H and O–H groups in total. The van der Waals surface area contributed by atoms with E-state index in [4.69, 9.17) is 0 Å². The van der Waals surface area contributed by atoms with Gasteiger partial charge < -0.3 is 9.80 Å². The van der Waals surface area contributed by atoms with Gasteiger partial charge in [0.25, 0.3) is 0 Å². The van der Waals surface area contributed by atoms with Crippen LogP contribution in [0.25, 0.3) is 0 Å². The van der Waals surface area contributed by atoms with Crippen molar-refractivity contribution in [2.75, 3.05) is 13.6 Å². The number of unbranched alkanes of at least 4 members (excludes halogenated alkanes) is 16. The average molecular weight is 393 g/mol. The fourth-order valence-electron chi connectivity index (χ4n) is 4.46. The fraction of sp³-hybridized carbons (Fsp3) is 0.923. The summed E-state index contributed by atoms with van der Waals surface area (Å²) < 4.78 is 0. The molecule has 0 amide bonds. The summed E-state index contributed by atoms with van der Waals surface area (Å²) in [5, 5.41) is 0. The van der Waals surface area contributed by atoms with Gasteiger partial charge >= 0.3 is 0 Å². The molecule has 0 aromatic heterocycles. The van der Waals surface area contributed by atoms with Crippen LogP contribution in [-0.2, 0) is 0 Å². The molecule has 0 saturated carbocycles. The highest BCUT2D eigenvalue weighted by atomic mass is 15.4. The number of rotatable bonds is 20. The maximum atomic E-state index is 2.60. The van der Waals surface area contributed by atoms with Gasteiger partial charge in [-0.25, -0.2) is 0 Å². The predicted octanol–water partition coefficient (Wildman–Crippen LogP) is 8.48. The minimum Gasteiger partial charge on any atom is -0.359 e. The lowest BCUT2D eigenvalue weighted by atomic mass is 10.0. The lowest BCUT2D eigenvalue weighted by molar-refractivity contribution is 0.159. The van der Waals surface area contributed by atoms with Gasteiger partial charge in [0.15, 0.2) is 0 Å². The van der Waals surface area contributed by atoms with E-state index in [9.17, 15) is 0 Å². The van der Waals surface area contributed by atoms with Crippen LogP contribution in [0.5, 0.6) is 0 Å². The van der Waals surface area contributed by atoms with Crippen molar-refractivity contribution in [3.05, 3.63) is 12.4 Å². The minimum atomic E-state index is 0.624. The van der Waals surface area contributed by atoms with Gasteiger partial charge in [-0.1, -0.05) is 117 Å². The highest BCUT2D eigenvalue weighted by molar-refractivity contribution is 4.95. The van der Waals surface area contributed by atoms with Gasteiger partial charge in [0, 0.05) is 26.0 Å². The Morgan fingerprint density at radius 3 is 1.46 bits per heavy atom. The first kappa shape index (κ1) is 25.4. The van der Waals surface area contributed by atoms with E-state index in [0.29, 0.717) is 6.17 Å². The van der Waals surface area contributed by atoms with Crippen LogP contribution in [0.4, 0.5) is 0 Å².